The number of aliphatic hydroxyl groups is 3. The van der Waals surface area contributed by atoms with Crippen molar-refractivity contribution in [1.29, 1.82) is 0 Å². The van der Waals surface area contributed by atoms with Crippen LogP contribution in [0, 0.1) is 0 Å². The zero-order valence-corrected chi connectivity index (χ0v) is 15.8. The fraction of sp³-hybridized carbons (Fsp3) is 0.278. The molecule has 2 aromatic rings. The molecule has 4 N–H and O–H groups in total. The molecule has 0 spiro atoms. The van der Waals surface area contributed by atoms with Crippen LogP contribution in [0.3, 0.4) is 0 Å². The molecule has 0 saturated carbocycles. The summed E-state index contributed by atoms with van der Waals surface area (Å²) in [6.45, 7) is 0. The smallest absolute Gasteiger partial charge is 0.547 e. The molecule has 0 aliphatic carbocycles. The van der Waals surface area contributed by atoms with Gasteiger partial charge in [0.25, 0.3) is 0 Å². The van der Waals surface area contributed by atoms with Crippen molar-refractivity contribution >= 4 is 11.7 Å². The molecule has 1 aliphatic heterocycles. The van der Waals surface area contributed by atoms with E-state index in [1.165, 1.54) is 24.3 Å². The zero-order valence-electron chi connectivity index (χ0n) is 18.8. The van der Waals surface area contributed by atoms with Gasteiger partial charge in [0.15, 0.2) is 6.23 Å². The molecule has 8 heteroatoms. The van der Waals surface area contributed by atoms with Crippen molar-refractivity contribution in [3.05, 3.63) is 54.5 Å². The van der Waals surface area contributed by atoms with Crippen molar-refractivity contribution in [2.24, 2.45) is 0 Å². The Hall–Kier alpha value is -1.45. The number of ether oxygens (including phenoxy) is 1. The fourth-order valence-corrected chi connectivity index (χ4v) is 2.49. The molecule has 3 rings (SSSR count). The summed E-state index contributed by atoms with van der Waals surface area (Å²) in [7, 11) is 0. The van der Waals surface area contributed by atoms with Crippen LogP contribution in [-0.2, 0) is 9.53 Å². The van der Waals surface area contributed by atoms with E-state index < -0.39 is 54.7 Å². The SMILES string of the molecule is [2H]c1c([2H])c([2H])c(-c2ccc(N[C@@H]3O[C@H](C(=O)[O-])[C@@H](O)[C@H](O)[C@H]3O)cc2)c([2H])c1[2H].[Na+]. The van der Waals surface area contributed by atoms with Crippen LogP contribution in [0.25, 0.3) is 11.1 Å². The summed E-state index contributed by atoms with van der Waals surface area (Å²) in [5.74, 6) is -1.75. The molecule has 1 heterocycles. The van der Waals surface area contributed by atoms with Gasteiger partial charge in [-0.25, -0.2) is 0 Å². The van der Waals surface area contributed by atoms with E-state index in [0.717, 1.165) is 0 Å². The molecule has 0 amide bonds. The summed E-state index contributed by atoms with van der Waals surface area (Å²) < 4.78 is 44.2. The van der Waals surface area contributed by atoms with E-state index in [4.69, 9.17) is 11.6 Å². The van der Waals surface area contributed by atoms with Crippen molar-refractivity contribution in [3.8, 4) is 11.1 Å². The van der Waals surface area contributed by atoms with Crippen molar-refractivity contribution < 1.29 is 66.4 Å². The molecular formula is C18H18NNaO6. The van der Waals surface area contributed by atoms with Gasteiger partial charge in [-0.3, -0.25) is 0 Å². The van der Waals surface area contributed by atoms with Crippen LogP contribution in [0.4, 0.5) is 5.69 Å². The number of carboxylic acid groups (broad SMARTS) is 1. The quantitative estimate of drug-likeness (QED) is 0.408. The number of anilines is 1. The van der Waals surface area contributed by atoms with Gasteiger partial charge in [-0.15, -0.1) is 0 Å². The molecule has 1 saturated heterocycles. The van der Waals surface area contributed by atoms with Crippen LogP contribution < -0.4 is 40.0 Å². The molecule has 1 aliphatic rings. The van der Waals surface area contributed by atoms with E-state index in [0.29, 0.717) is 11.3 Å². The molecule has 7 nitrogen and oxygen atoms in total. The van der Waals surface area contributed by atoms with Crippen LogP contribution in [0.5, 0.6) is 0 Å². The van der Waals surface area contributed by atoms with Crippen molar-refractivity contribution in [3.63, 3.8) is 0 Å². The van der Waals surface area contributed by atoms with E-state index in [2.05, 4.69) is 5.32 Å². The van der Waals surface area contributed by atoms with Crippen LogP contribution in [0.1, 0.15) is 6.85 Å². The van der Waals surface area contributed by atoms with Crippen LogP contribution >= 0.6 is 0 Å². The minimum atomic E-state index is -1.87. The van der Waals surface area contributed by atoms with Crippen LogP contribution in [0.15, 0.2) is 54.5 Å². The number of hydrogen-bond donors (Lipinski definition) is 4. The van der Waals surface area contributed by atoms with Gasteiger partial charge in [0.05, 0.1) is 12.8 Å². The summed E-state index contributed by atoms with van der Waals surface area (Å²) in [6.07, 6.45) is -8.53. The number of aliphatic carboxylic acids is 1. The van der Waals surface area contributed by atoms with Gasteiger partial charge in [-0.1, -0.05) is 42.3 Å². The van der Waals surface area contributed by atoms with E-state index >= 15 is 0 Å². The second-order valence-corrected chi connectivity index (χ2v) is 5.49. The van der Waals surface area contributed by atoms with Crippen molar-refractivity contribution in [2.75, 3.05) is 5.32 Å². The topological polar surface area (TPSA) is 122 Å². The Morgan fingerprint density at radius 2 is 1.62 bits per heavy atom. The molecule has 0 aromatic heterocycles. The second-order valence-electron chi connectivity index (χ2n) is 5.49. The van der Waals surface area contributed by atoms with Crippen LogP contribution in [-0.4, -0.2) is 51.9 Å². The normalized spacial score (nSPS) is 30.7. The molecule has 26 heavy (non-hydrogen) atoms. The van der Waals surface area contributed by atoms with Gasteiger partial charge in [0, 0.05) is 5.69 Å². The number of benzene rings is 2. The number of aliphatic hydroxyl groups excluding tert-OH is 3. The standard InChI is InChI=1S/C18H19NO6.Na/c20-13-14(21)16(18(23)24)25-17(15(13)22)19-12-8-6-11(7-9-12)10-4-2-1-3-5-10;/h1-9,13-17,19-22H,(H,23,24);/q;+1/p-1/t13-,14-,15+,16-,17+;/m0./s1/i1D,2D,3D,4D,5D;. The molecule has 5 atom stereocenters. The Bertz CT molecular complexity index is 950. The first-order valence-corrected chi connectivity index (χ1v) is 7.39. The maximum absolute atomic E-state index is 11.1. The molecular weight excluding hydrogens is 349 g/mol. The Morgan fingerprint density at radius 3 is 2.19 bits per heavy atom. The molecule has 0 unspecified atom stereocenters. The summed E-state index contributed by atoms with van der Waals surface area (Å²) >= 11 is 0. The maximum Gasteiger partial charge on any atom is 1.00 e. The molecule has 1 fully saturated rings. The Balaban J connectivity index is 0.00000341. The number of nitrogens with one attached hydrogen (secondary N) is 1. The molecule has 132 valence electrons. The average Bonchev–Trinajstić information content (AvgIpc) is 2.72. The summed E-state index contributed by atoms with van der Waals surface area (Å²) in [6, 6.07) is 3.69. The van der Waals surface area contributed by atoms with Gasteiger partial charge in [0.2, 0.25) is 0 Å². The second kappa shape index (κ2) is 8.96. The minimum absolute atomic E-state index is 0. The summed E-state index contributed by atoms with van der Waals surface area (Å²) in [4.78, 5) is 11.1. The predicted molar refractivity (Wildman–Crippen MR) is 87.2 cm³/mol. The number of carbonyl (C=O) groups is 1. The fourth-order valence-electron chi connectivity index (χ4n) is 2.49. The molecule has 0 radical (unpaired) electrons. The van der Waals surface area contributed by atoms with E-state index in [1.54, 1.807) is 0 Å². The van der Waals surface area contributed by atoms with Crippen LogP contribution in [0.2, 0.25) is 0 Å². The van der Waals surface area contributed by atoms with Gasteiger partial charge >= 0.3 is 29.6 Å². The summed E-state index contributed by atoms with van der Waals surface area (Å²) in [5.41, 5.74) is 0.665. The first kappa shape index (κ1) is 14.6. The maximum atomic E-state index is 11.1. The van der Waals surface area contributed by atoms with Gasteiger partial charge in [-0.05, 0) is 23.3 Å². The Labute approximate surface area is 179 Å². The molecule has 2 aromatic carbocycles. The minimum Gasteiger partial charge on any atom is -0.547 e. The van der Waals surface area contributed by atoms with Gasteiger partial charge in [-0.2, -0.15) is 0 Å². The third-order valence-electron chi connectivity index (χ3n) is 3.83. The third kappa shape index (κ3) is 4.44. The monoisotopic (exact) mass is 372 g/mol. The molecule has 0 bridgehead atoms. The first-order valence-electron chi connectivity index (χ1n) is 9.89. The van der Waals surface area contributed by atoms with Gasteiger partial charge in [0.1, 0.15) is 24.4 Å². The summed E-state index contributed by atoms with van der Waals surface area (Å²) in [5, 5.41) is 43.3. The largest absolute Gasteiger partial charge is 1.00 e. The van der Waals surface area contributed by atoms with Crippen molar-refractivity contribution in [1.82, 2.24) is 0 Å². The Morgan fingerprint density at radius 1 is 1.00 bits per heavy atom. The predicted octanol–water partition coefficient (Wildman–Crippen LogP) is -3.67. The van der Waals surface area contributed by atoms with Crippen molar-refractivity contribution in [2.45, 2.75) is 30.6 Å². The average molecular weight is 372 g/mol. The first-order chi connectivity index (χ1) is 14.0. The zero-order chi connectivity index (χ0) is 22.3. The number of carboxylic acids is 1. The van der Waals surface area contributed by atoms with E-state index in [1.807, 2.05) is 0 Å². The van der Waals surface area contributed by atoms with E-state index in [9.17, 15) is 25.2 Å². The number of hydrogen-bond acceptors (Lipinski definition) is 7. The third-order valence-corrected chi connectivity index (χ3v) is 3.83. The number of carbonyl (C=O) groups excluding carboxylic acids is 1. The van der Waals surface area contributed by atoms with Gasteiger partial charge < -0.3 is 35.3 Å². The Kier molecular flexibility index (Phi) is 5.03. The van der Waals surface area contributed by atoms with E-state index in [-0.39, 0.29) is 47.2 Å². The number of rotatable bonds is 4.